The number of nitro benzene ring substituents is 1. The fourth-order valence-electron chi connectivity index (χ4n) is 1.34. The van der Waals surface area contributed by atoms with Crippen LogP contribution in [0.15, 0.2) is 18.2 Å². The van der Waals surface area contributed by atoms with Gasteiger partial charge in [0, 0.05) is 36.2 Å². The normalized spacial score (nSPS) is 11.8. The van der Waals surface area contributed by atoms with Crippen molar-refractivity contribution in [3.05, 3.63) is 38.9 Å². The number of hydrogen-bond acceptors (Lipinski definition) is 3. The van der Waals surface area contributed by atoms with E-state index >= 15 is 0 Å². The van der Waals surface area contributed by atoms with Gasteiger partial charge >= 0.3 is 0 Å². The van der Waals surface area contributed by atoms with E-state index in [0.717, 1.165) is 0 Å². The largest absolute Gasteiger partial charge is 0.309 e. The lowest BCUT2D eigenvalue weighted by molar-refractivity contribution is -0.384. The van der Waals surface area contributed by atoms with Crippen LogP contribution in [0.5, 0.6) is 0 Å². The fraction of sp³-hybridized carbons (Fsp3) is 0.333. The van der Waals surface area contributed by atoms with Crippen LogP contribution in [0.3, 0.4) is 0 Å². The summed E-state index contributed by atoms with van der Waals surface area (Å²) in [5, 5.41) is 14.3. The Kier molecular flexibility index (Phi) is 4.95. The summed E-state index contributed by atoms with van der Waals surface area (Å²) in [5.41, 5.74) is 0.737. The van der Waals surface area contributed by atoms with E-state index in [0.29, 0.717) is 23.6 Å². The Bertz CT molecular complexity index is 454. The molecule has 1 atom stereocenters. The predicted octanol–water partition coefficient (Wildman–Crippen LogP) is 2.75. The maximum atomic E-state index is 10.6. The summed E-state index contributed by atoms with van der Waals surface area (Å²) in [6.07, 6.45) is 5.79. The van der Waals surface area contributed by atoms with Crippen LogP contribution in [0.2, 0.25) is 5.02 Å². The molecule has 0 aliphatic rings. The Morgan fingerprint density at radius 1 is 1.65 bits per heavy atom. The summed E-state index contributed by atoms with van der Waals surface area (Å²) in [6.45, 7) is 2.41. The van der Waals surface area contributed by atoms with Gasteiger partial charge in [-0.3, -0.25) is 10.1 Å². The Labute approximate surface area is 105 Å². The molecule has 1 aromatic rings. The molecule has 0 amide bonds. The number of non-ortho nitro benzene ring substituents is 1. The molecule has 0 aliphatic carbocycles. The molecule has 90 valence electrons. The molecule has 0 fully saturated rings. The van der Waals surface area contributed by atoms with Gasteiger partial charge in [-0.25, -0.2) is 0 Å². The molecule has 1 N–H and O–H groups in total. The van der Waals surface area contributed by atoms with Gasteiger partial charge in [-0.1, -0.05) is 11.6 Å². The highest BCUT2D eigenvalue weighted by Crippen LogP contribution is 2.21. The van der Waals surface area contributed by atoms with Gasteiger partial charge in [0.05, 0.1) is 4.92 Å². The van der Waals surface area contributed by atoms with Crippen LogP contribution >= 0.6 is 11.6 Å². The van der Waals surface area contributed by atoms with Gasteiger partial charge in [-0.2, -0.15) is 0 Å². The van der Waals surface area contributed by atoms with Gasteiger partial charge in [0.2, 0.25) is 0 Å². The third-order valence-electron chi connectivity index (χ3n) is 2.31. The fourth-order valence-corrected chi connectivity index (χ4v) is 1.53. The number of hydrogen-bond donors (Lipinski definition) is 1. The van der Waals surface area contributed by atoms with E-state index in [2.05, 4.69) is 11.2 Å². The van der Waals surface area contributed by atoms with Crippen LogP contribution in [0.4, 0.5) is 5.69 Å². The van der Waals surface area contributed by atoms with E-state index in [1.807, 2.05) is 6.92 Å². The van der Waals surface area contributed by atoms with Crippen LogP contribution in [0.25, 0.3) is 0 Å². The second-order valence-corrected chi connectivity index (χ2v) is 4.13. The van der Waals surface area contributed by atoms with E-state index in [4.69, 9.17) is 18.0 Å². The van der Waals surface area contributed by atoms with Crippen molar-refractivity contribution < 1.29 is 4.92 Å². The Morgan fingerprint density at radius 2 is 2.35 bits per heavy atom. The average molecular weight is 253 g/mol. The highest BCUT2D eigenvalue weighted by molar-refractivity contribution is 6.31. The van der Waals surface area contributed by atoms with Crippen molar-refractivity contribution in [3.63, 3.8) is 0 Å². The topological polar surface area (TPSA) is 55.2 Å². The quantitative estimate of drug-likeness (QED) is 0.498. The van der Waals surface area contributed by atoms with Crippen molar-refractivity contribution in [2.24, 2.45) is 0 Å². The number of nitrogens with zero attached hydrogens (tertiary/aromatic N) is 1. The smallest absolute Gasteiger partial charge is 0.269 e. The monoisotopic (exact) mass is 252 g/mol. The molecule has 1 rings (SSSR count). The van der Waals surface area contributed by atoms with E-state index in [-0.39, 0.29) is 11.7 Å². The highest BCUT2D eigenvalue weighted by Gasteiger charge is 2.10. The first-order valence-corrected chi connectivity index (χ1v) is 5.52. The Hall–Kier alpha value is -1.57. The summed E-state index contributed by atoms with van der Waals surface area (Å²) < 4.78 is 0. The van der Waals surface area contributed by atoms with E-state index in [9.17, 15) is 10.1 Å². The number of nitro groups is 1. The van der Waals surface area contributed by atoms with E-state index in [1.165, 1.54) is 18.2 Å². The summed E-state index contributed by atoms with van der Waals surface area (Å²) in [4.78, 5) is 10.2. The maximum Gasteiger partial charge on any atom is 0.269 e. The molecule has 0 saturated carbocycles. The number of rotatable bonds is 5. The Balaban J connectivity index is 2.73. The van der Waals surface area contributed by atoms with Gasteiger partial charge in [-0.15, -0.1) is 12.3 Å². The summed E-state index contributed by atoms with van der Waals surface area (Å²) in [7, 11) is 0. The average Bonchev–Trinajstić information content (AvgIpc) is 2.28. The van der Waals surface area contributed by atoms with Gasteiger partial charge in [0.1, 0.15) is 0 Å². The number of halogens is 1. The molecule has 1 aromatic carbocycles. The van der Waals surface area contributed by atoms with Crippen molar-refractivity contribution >= 4 is 17.3 Å². The molecule has 17 heavy (non-hydrogen) atoms. The SMILES string of the molecule is C#CCC(C)NCc1cc([N+](=O)[O-])ccc1Cl. The van der Waals surface area contributed by atoms with Crippen LogP contribution in [0.1, 0.15) is 18.9 Å². The molecule has 0 bridgehead atoms. The molecule has 1 unspecified atom stereocenters. The van der Waals surface area contributed by atoms with Gasteiger partial charge in [0.25, 0.3) is 5.69 Å². The first-order chi connectivity index (χ1) is 8.04. The predicted molar refractivity (Wildman–Crippen MR) is 67.9 cm³/mol. The van der Waals surface area contributed by atoms with Crippen molar-refractivity contribution in [1.82, 2.24) is 5.32 Å². The second kappa shape index (κ2) is 6.24. The molecule has 5 heteroatoms. The summed E-state index contributed by atoms with van der Waals surface area (Å²) in [6, 6.07) is 4.53. The minimum atomic E-state index is -0.440. The van der Waals surface area contributed by atoms with Gasteiger partial charge in [0.15, 0.2) is 0 Å². The van der Waals surface area contributed by atoms with Gasteiger partial charge < -0.3 is 5.32 Å². The van der Waals surface area contributed by atoms with Crippen molar-refractivity contribution in [2.45, 2.75) is 25.9 Å². The van der Waals surface area contributed by atoms with Crippen molar-refractivity contribution in [3.8, 4) is 12.3 Å². The molecule has 0 saturated heterocycles. The molecular weight excluding hydrogens is 240 g/mol. The second-order valence-electron chi connectivity index (χ2n) is 3.72. The number of terminal acetylenes is 1. The molecule has 0 aromatic heterocycles. The Morgan fingerprint density at radius 3 is 2.94 bits per heavy atom. The van der Waals surface area contributed by atoms with E-state index in [1.54, 1.807) is 0 Å². The molecule has 0 radical (unpaired) electrons. The minimum Gasteiger partial charge on any atom is -0.309 e. The van der Waals surface area contributed by atoms with Crippen LogP contribution in [-0.2, 0) is 6.54 Å². The van der Waals surface area contributed by atoms with Crippen LogP contribution in [-0.4, -0.2) is 11.0 Å². The first kappa shape index (κ1) is 13.5. The number of nitrogens with one attached hydrogen (secondary N) is 1. The zero-order chi connectivity index (χ0) is 12.8. The van der Waals surface area contributed by atoms with E-state index < -0.39 is 4.92 Å². The molecular formula is C12H13ClN2O2. The lowest BCUT2D eigenvalue weighted by atomic mass is 10.1. The van der Waals surface area contributed by atoms with Crippen molar-refractivity contribution in [1.29, 1.82) is 0 Å². The zero-order valence-corrected chi connectivity index (χ0v) is 10.2. The summed E-state index contributed by atoms with van der Waals surface area (Å²) >= 11 is 5.96. The lowest BCUT2D eigenvalue weighted by Gasteiger charge is -2.11. The van der Waals surface area contributed by atoms with Crippen molar-refractivity contribution in [2.75, 3.05) is 0 Å². The molecule has 4 nitrogen and oxygen atoms in total. The van der Waals surface area contributed by atoms with Crippen LogP contribution in [0, 0.1) is 22.5 Å². The van der Waals surface area contributed by atoms with Crippen LogP contribution < -0.4 is 5.32 Å². The summed E-state index contributed by atoms with van der Waals surface area (Å²) in [5.74, 6) is 2.54. The first-order valence-electron chi connectivity index (χ1n) is 5.14. The van der Waals surface area contributed by atoms with Gasteiger partial charge in [-0.05, 0) is 18.6 Å². The maximum absolute atomic E-state index is 10.6. The lowest BCUT2D eigenvalue weighted by Crippen LogP contribution is -2.25. The molecule has 0 aliphatic heterocycles. The third-order valence-corrected chi connectivity index (χ3v) is 2.67. The highest BCUT2D eigenvalue weighted by atomic mass is 35.5. The minimum absolute atomic E-state index is 0.0378. The molecule has 0 spiro atoms. The molecule has 0 heterocycles. The number of benzene rings is 1. The standard InChI is InChI=1S/C12H13ClN2O2/c1-3-4-9(2)14-8-10-7-11(15(16)17)5-6-12(10)13/h1,5-7,9,14H,4,8H2,2H3. The zero-order valence-electron chi connectivity index (χ0n) is 9.44. The third kappa shape index (κ3) is 4.06.